The van der Waals surface area contributed by atoms with E-state index in [1.807, 2.05) is 19.9 Å². The molecule has 1 aromatic heterocycles. The largest absolute Gasteiger partial charge is 0.322 e. The highest BCUT2D eigenvalue weighted by molar-refractivity contribution is 7.90. The molecule has 2 amide bonds. The molecule has 0 spiro atoms. The predicted molar refractivity (Wildman–Crippen MR) is 121 cm³/mol. The fourth-order valence-corrected chi connectivity index (χ4v) is 4.63. The number of carbonyl (C=O) groups is 2. The summed E-state index contributed by atoms with van der Waals surface area (Å²) in [5.41, 5.74) is 1.63. The number of sulfone groups is 1. The third kappa shape index (κ3) is 5.08. The standard InChI is InChI=1S/C21H19ClN2O4S2/c1-12-9-17(13(2)29-12)21(26)23-15-7-8-19(18(22)11-15)24-20(25)14-5-4-6-16(10-14)30(3,27)28/h4-11H,1-3H3,(H,23,26)(H,24,25). The van der Waals surface area contributed by atoms with Crippen molar-refractivity contribution >= 4 is 56.0 Å². The van der Waals surface area contributed by atoms with E-state index < -0.39 is 15.7 Å². The molecule has 0 fully saturated rings. The topological polar surface area (TPSA) is 92.3 Å². The molecule has 0 saturated heterocycles. The number of anilines is 2. The molecule has 3 rings (SSSR count). The van der Waals surface area contributed by atoms with Crippen LogP contribution in [0.5, 0.6) is 0 Å². The Morgan fingerprint density at radius 1 is 0.967 bits per heavy atom. The van der Waals surface area contributed by atoms with Gasteiger partial charge in [0.2, 0.25) is 0 Å². The van der Waals surface area contributed by atoms with Crippen molar-refractivity contribution in [1.29, 1.82) is 0 Å². The average molecular weight is 463 g/mol. The minimum absolute atomic E-state index is 0.0540. The van der Waals surface area contributed by atoms with Crippen LogP contribution >= 0.6 is 22.9 Å². The van der Waals surface area contributed by atoms with Crippen LogP contribution in [0.2, 0.25) is 5.02 Å². The van der Waals surface area contributed by atoms with E-state index in [2.05, 4.69) is 10.6 Å². The van der Waals surface area contributed by atoms with Gasteiger partial charge in [0.05, 0.1) is 21.2 Å². The Morgan fingerprint density at radius 3 is 2.30 bits per heavy atom. The summed E-state index contributed by atoms with van der Waals surface area (Å²) < 4.78 is 23.4. The first-order valence-electron chi connectivity index (χ1n) is 8.84. The van der Waals surface area contributed by atoms with Crippen molar-refractivity contribution in [1.82, 2.24) is 0 Å². The van der Waals surface area contributed by atoms with Gasteiger partial charge in [-0.05, 0) is 56.3 Å². The fraction of sp³-hybridized carbons (Fsp3) is 0.143. The van der Waals surface area contributed by atoms with Crippen LogP contribution in [-0.4, -0.2) is 26.5 Å². The normalized spacial score (nSPS) is 11.2. The molecule has 3 aromatic rings. The predicted octanol–water partition coefficient (Wildman–Crippen LogP) is 4.93. The van der Waals surface area contributed by atoms with Gasteiger partial charge < -0.3 is 10.6 Å². The molecule has 0 radical (unpaired) electrons. The Labute approximate surface area is 183 Å². The summed E-state index contributed by atoms with van der Waals surface area (Å²) in [4.78, 5) is 27.0. The minimum atomic E-state index is -3.43. The minimum Gasteiger partial charge on any atom is -0.322 e. The Balaban J connectivity index is 1.75. The Bertz CT molecular complexity index is 1250. The number of rotatable bonds is 5. The molecule has 0 unspecified atom stereocenters. The second-order valence-corrected chi connectivity index (χ2v) is 10.6. The molecule has 1 heterocycles. The van der Waals surface area contributed by atoms with Crippen LogP contribution in [0.3, 0.4) is 0 Å². The number of hydrogen-bond donors (Lipinski definition) is 2. The maximum atomic E-state index is 12.5. The first-order chi connectivity index (χ1) is 14.0. The number of benzene rings is 2. The SMILES string of the molecule is Cc1cc(C(=O)Nc2ccc(NC(=O)c3cccc(S(C)(=O)=O)c3)c(Cl)c2)c(C)s1. The summed E-state index contributed by atoms with van der Waals surface area (Å²) >= 11 is 7.82. The number of thiophene rings is 1. The summed E-state index contributed by atoms with van der Waals surface area (Å²) in [7, 11) is -3.43. The summed E-state index contributed by atoms with van der Waals surface area (Å²) in [5, 5.41) is 5.68. The lowest BCUT2D eigenvalue weighted by molar-refractivity contribution is 0.101. The van der Waals surface area contributed by atoms with Gasteiger partial charge in [-0.3, -0.25) is 9.59 Å². The van der Waals surface area contributed by atoms with E-state index in [0.29, 0.717) is 16.9 Å². The van der Waals surface area contributed by atoms with E-state index in [4.69, 9.17) is 11.6 Å². The third-order valence-electron chi connectivity index (χ3n) is 4.29. The van der Waals surface area contributed by atoms with Crippen molar-refractivity contribution in [3.05, 3.63) is 74.4 Å². The number of aryl methyl sites for hydroxylation is 2. The molecule has 0 saturated carbocycles. The van der Waals surface area contributed by atoms with Crippen LogP contribution in [0, 0.1) is 13.8 Å². The van der Waals surface area contributed by atoms with E-state index in [9.17, 15) is 18.0 Å². The maximum Gasteiger partial charge on any atom is 0.256 e. The molecule has 0 aliphatic rings. The van der Waals surface area contributed by atoms with Gasteiger partial charge in [0, 0.05) is 27.3 Å². The van der Waals surface area contributed by atoms with Crippen LogP contribution in [-0.2, 0) is 9.84 Å². The van der Waals surface area contributed by atoms with E-state index in [1.54, 1.807) is 23.5 Å². The smallest absolute Gasteiger partial charge is 0.256 e. The van der Waals surface area contributed by atoms with Crippen LogP contribution in [0.1, 0.15) is 30.5 Å². The zero-order valence-corrected chi connectivity index (χ0v) is 18.8. The second kappa shape index (κ2) is 8.59. The third-order valence-corrected chi connectivity index (χ3v) is 6.67. The fourth-order valence-electron chi connectivity index (χ4n) is 2.81. The lowest BCUT2D eigenvalue weighted by Crippen LogP contribution is -2.14. The van der Waals surface area contributed by atoms with E-state index in [0.717, 1.165) is 16.0 Å². The number of hydrogen-bond acceptors (Lipinski definition) is 5. The van der Waals surface area contributed by atoms with Gasteiger partial charge in [-0.15, -0.1) is 11.3 Å². The summed E-state index contributed by atoms with van der Waals surface area (Å²) in [6, 6.07) is 12.3. The number of carbonyl (C=O) groups excluding carboxylic acids is 2. The second-order valence-electron chi connectivity index (χ2n) is 6.73. The van der Waals surface area contributed by atoms with Crippen molar-refractivity contribution in [2.45, 2.75) is 18.7 Å². The van der Waals surface area contributed by atoms with Gasteiger partial charge >= 0.3 is 0 Å². The summed E-state index contributed by atoms with van der Waals surface area (Å²) in [6.07, 6.45) is 1.08. The quantitative estimate of drug-likeness (QED) is 0.562. The van der Waals surface area contributed by atoms with Gasteiger partial charge in [-0.2, -0.15) is 0 Å². The highest BCUT2D eigenvalue weighted by Gasteiger charge is 2.15. The van der Waals surface area contributed by atoms with Crippen LogP contribution < -0.4 is 10.6 Å². The van der Waals surface area contributed by atoms with Crippen LogP contribution in [0.4, 0.5) is 11.4 Å². The zero-order valence-electron chi connectivity index (χ0n) is 16.4. The number of halogens is 1. The Kier molecular flexibility index (Phi) is 6.30. The molecular weight excluding hydrogens is 444 g/mol. The molecule has 30 heavy (non-hydrogen) atoms. The van der Waals surface area contributed by atoms with Gasteiger partial charge in [-0.1, -0.05) is 17.7 Å². The van der Waals surface area contributed by atoms with E-state index >= 15 is 0 Å². The molecular formula is C21H19ClN2O4S2. The van der Waals surface area contributed by atoms with Crippen molar-refractivity contribution < 1.29 is 18.0 Å². The van der Waals surface area contributed by atoms with Gasteiger partial charge in [0.1, 0.15) is 0 Å². The zero-order chi connectivity index (χ0) is 22.1. The van der Waals surface area contributed by atoms with Gasteiger partial charge in [-0.25, -0.2) is 8.42 Å². The molecule has 6 nitrogen and oxygen atoms in total. The van der Waals surface area contributed by atoms with Gasteiger partial charge in [0.15, 0.2) is 9.84 Å². The van der Waals surface area contributed by atoms with Crippen LogP contribution in [0.25, 0.3) is 0 Å². The maximum absolute atomic E-state index is 12.5. The van der Waals surface area contributed by atoms with Crippen molar-refractivity contribution in [3.63, 3.8) is 0 Å². The first kappa shape index (κ1) is 22.0. The first-order valence-corrected chi connectivity index (χ1v) is 11.9. The average Bonchev–Trinajstić information content (AvgIpc) is 3.01. The number of amides is 2. The Hall–Kier alpha value is -2.68. The van der Waals surface area contributed by atoms with Crippen molar-refractivity contribution in [2.75, 3.05) is 16.9 Å². The summed E-state index contributed by atoms with van der Waals surface area (Å²) in [5.74, 6) is -0.731. The molecule has 0 aliphatic carbocycles. The summed E-state index contributed by atoms with van der Waals surface area (Å²) in [6.45, 7) is 3.82. The molecule has 9 heteroatoms. The monoisotopic (exact) mass is 462 g/mol. The molecule has 156 valence electrons. The van der Waals surface area contributed by atoms with Crippen molar-refractivity contribution in [2.24, 2.45) is 0 Å². The molecule has 0 bridgehead atoms. The van der Waals surface area contributed by atoms with E-state index in [1.165, 1.54) is 30.3 Å². The lowest BCUT2D eigenvalue weighted by atomic mass is 10.2. The highest BCUT2D eigenvalue weighted by Crippen LogP contribution is 2.27. The van der Waals surface area contributed by atoms with Gasteiger partial charge in [0.25, 0.3) is 11.8 Å². The molecule has 0 aliphatic heterocycles. The lowest BCUT2D eigenvalue weighted by Gasteiger charge is -2.11. The Morgan fingerprint density at radius 2 is 1.70 bits per heavy atom. The molecule has 2 aromatic carbocycles. The van der Waals surface area contributed by atoms with Crippen LogP contribution in [0.15, 0.2) is 53.4 Å². The highest BCUT2D eigenvalue weighted by atomic mass is 35.5. The van der Waals surface area contributed by atoms with Crippen molar-refractivity contribution in [3.8, 4) is 0 Å². The molecule has 0 atom stereocenters. The van der Waals surface area contributed by atoms with E-state index in [-0.39, 0.29) is 21.4 Å². The number of nitrogens with one attached hydrogen (secondary N) is 2. The molecule has 2 N–H and O–H groups in total.